The smallest absolute Gasteiger partial charge is 0.187 e. The lowest BCUT2D eigenvalue weighted by atomic mass is 10.2. The van der Waals surface area contributed by atoms with Gasteiger partial charge in [0.2, 0.25) is 0 Å². The van der Waals surface area contributed by atoms with Crippen LogP contribution in [0.4, 0.5) is 0 Å². The Morgan fingerprint density at radius 1 is 1.13 bits per heavy atom. The van der Waals surface area contributed by atoms with Gasteiger partial charge in [-0.3, -0.25) is 4.98 Å². The van der Waals surface area contributed by atoms with Gasteiger partial charge in [0.15, 0.2) is 11.5 Å². The zero-order valence-corrected chi connectivity index (χ0v) is 10.0. The maximum absolute atomic E-state index is 5.30. The first-order valence-electron chi connectivity index (χ1n) is 4.43. The van der Waals surface area contributed by atoms with E-state index < -0.39 is 0 Å². The molecule has 0 saturated carbocycles. The van der Waals surface area contributed by atoms with E-state index in [1.54, 1.807) is 20.4 Å². The van der Waals surface area contributed by atoms with Crippen molar-refractivity contribution in [1.29, 1.82) is 0 Å². The molecule has 0 unspecified atom stereocenters. The summed E-state index contributed by atoms with van der Waals surface area (Å²) >= 11 is 3.47. The normalized spacial score (nSPS) is 10.3. The van der Waals surface area contributed by atoms with E-state index in [0.717, 1.165) is 15.4 Å². The first-order valence-corrected chi connectivity index (χ1v) is 5.22. The standard InChI is InChI=1S/C11H10BrNO2/c1-14-9-4-3-7-8(12)5-6-13-10(7)11(9)15-2/h3-6H,1-2H3. The van der Waals surface area contributed by atoms with Gasteiger partial charge >= 0.3 is 0 Å². The van der Waals surface area contributed by atoms with Crippen LogP contribution in [0, 0.1) is 0 Å². The SMILES string of the molecule is COc1ccc2c(Br)ccnc2c1OC. The fourth-order valence-corrected chi connectivity index (χ4v) is 1.94. The van der Waals surface area contributed by atoms with Crippen molar-refractivity contribution in [2.24, 2.45) is 0 Å². The summed E-state index contributed by atoms with van der Waals surface area (Å²) in [6.45, 7) is 0. The highest BCUT2D eigenvalue weighted by Crippen LogP contribution is 2.36. The van der Waals surface area contributed by atoms with E-state index in [4.69, 9.17) is 9.47 Å². The summed E-state index contributed by atoms with van der Waals surface area (Å²) in [6.07, 6.45) is 1.73. The van der Waals surface area contributed by atoms with Crippen LogP contribution in [0.15, 0.2) is 28.9 Å². The molecule has 1 aromatic heterocycles. The average molecular weight is 268 g/mol. The number of benzene rings is 1. The van der Waals surface area contributed by atoms with Crippen LogP contribution in [0.2, 0.25) is 0 Å². The maximum atomic E-state index is 5.30. The number of hydrogen-bond acceptors (Lipinski definition) is 3. The van der Waals surface area contributed by atoms with Gasteiger partial charge in [-0.25, -0.2) is 0 Å². The number of methoxy groups -OCH3 is 2. The number of halogens is 1. The van der Waals surface area contributed by atoms with E-state index in [0.29, 0.717) is 11.5 Å². The van der Waals surface area contributed by atoms with Crippen LogP contribution in [-0.2, 0) is 0 Å². The second-order valence-electron chi connectivity index (χ2n) is 2.99. The minimum atomic E-state index is 0.663. The van der Waals surface area contributed by atoms with Gasteiger partial charge in [-0.2, -0.15) is 0 Å². The molecular formula is C11H10BrNO2. The molecule has 4 heteroatoms. The predicted octanol–water partition coefficient (Wildman–Crippen LogP) is 3.01. The highest BCUT2D eigenvalue weighted by Gasteiger charge is 2.10. The summed E-state index contributed by atoms with van der Waals surface area (Å²) in [7, 11) is 3.22. The molecule has 0 atom stereocenters. The van der Waals surface area contributed by atoms with Gasteiger partial charge in [-0.1, -0.05) is 15.9 Å². The minimum Gasteiger partial charge on any atom is -0.493 e. The molecule has 1 aromatic carbocycles. The fourth-order valence-electron chi connectivity index (χ4n) is 1.50. The molecule has 0 fully saturated rings. The molecule has 3 nitrogen and oxygen atoms in total. The highest BCUT2D eigenvalue weighted by atomic mass is 79.9. The van der Waals surface area contributed by atoms with Crippen LogP contribution in [0.5, 0.6) is 11.5 Å². The average Bonchev–Trinajstić information content (AvgIpc) is 2.28. The van der Waals surface area contributed by atoms with Crippen molar-refractivity contribution in [1.82, 2.24) is 4.98 Å². The van der Waals surface area contributed by atoms with E-state index in [2.05, 4.69) is 20.9 Å². The monoisotopic (exact) mass is 267 g/mol. The van der Waals surface area contributed by atoms with Crippen LogP contribution in [0.1, 0.15) is 0 Å². The summed E-state index contributed by atoms with van der Waals surface area (Å²) in [5.74, 6) is 1.35. The van der Waals surface area contributed by atoms with Crippen molar-refractivity contribution >= 4 is 26.8 Å². The van der Waals surface area contributed by atoms with Crippen LogP contribution in [-0.4, -0.2) is 19.2 Å². The Morgan fingerprint density at radius 3 is 2.60 bits per heavy atom. The number of hydrogen-bond donors (Lipinski definition) is 0. The second kappa shape index (κ2) is 4.06. The third kappa shape index (κ3) is 1.65. The highest BCUT2D eigenvalue weighted by molar-refractivity contribution is 9.10. The van der Waals surface area contributed by atoms with Gasteiger partial charge in [0.25, 0.3) is 0 Å². The Bertz CT molecular complexity index is 499. The number of aromatic nitrogens is 1. The van der Waals surface area contributed by atoms with Gasteiger partial charge in [0.05, 0.1) is 14.2 Å². The third-order valence-corrected chi connectivity index (χ3v) is 2.89. The van der Waals surface area contributed by atoms with Crippen molar-refractivity contribution < 1.29 is 9.47 Å². The molecule has 15 heavy (non-hydrogen) atoms. The molecule has 0 bridgehead atoms. The quantitative estimate of drug-likeness (QED) is 0.838. The Kier molecular flexibility index (Phi) is 2.77. The van der Waals surface area contributed by atoms with Crippen LogP contribution < -0.4 is 9.47 Å². The first kappa shape index (κ1) is 10.2. The third-order valence-electron chi connectivity index (χ3n) is 2.20. The van der Waals surface area contributed by atoms with Crippen molar-refractivity contribution in [2.75, 3.05) is 14.2 Å². The molecule has 2 aromatic rings. The van der Waals surface area contributed by atoms with Crippen molar-refractivity contribution in [3.8, 4) is 11.5 Å². The van der Waals surface area contributed by atoms with Crippen molar-refractivity contribution in [3.63, 3.8) is 0 Å². The number of fused-ring (bicyclic) bond motifs is 1. The summed E-state index contributed by atoms with van der Waals surface area (Å²) in [5, 5.41) is 1.01. The number of ether oxygens (including phenoxy) is 2. The summed E-state index contributed by atoms with van der Waals surface area (Å²) in [5.41, 5.74) is 0.797. The second-order valence-corrected chi connectivity index (χ2v) is 3.84. The van der Waals surface area contributed by atoms with Gasteiger partial charge in [-0.05, 0) is 18.2 Å². The lowest BCUT2D eigenvalue weighted by Crippen LogP contribution is -1.93. The zero-order chi connectivity index (χ0) is 10.8. The van der Waals surface area contributed by atoms with E-state index in [9.17, 15) is 0 Å². The minimum absolute atomic E-state index is 0.663. The molecule has 0 spiro atoms. The van der Waals surface area contributed by atoms with E-state index in [-0.39, 0.29) is 0 Å². The molecule has 0 amide bonds. The van der Waals surface area contributed by atoms with E-state index in [1.165, 1.54) is 0 Å². The predicted molar refractivity (Wildman–Crippen MR) is 62.5 cm³/mol. The van der Waals surface area contributed by atoms with Crippen LogP contribution in [0.3, 0.4) is 0 Å². The van der Waals surface area contributed by atoms with Gasteiger partial charge in [0, 0.05) is 16.1 Å². The Morgan fingerprint density at radius 2 is 1.93 bits per heavy atom. The Labute approximate surface area is 96.2 Å². The van der Waals surface area contributed by atoms with Crippen molar-refractivity contribution in [3.05, 3.63) is 28.9 Å². The van der Waals surface area contributed by atoms with Gasteiger partial charge in [0.1, 0.15) is 5.52 Å². The number of nitrogens with zero attached hydrogens (tertiary/aromatic N) is 1. The molecule has 0 aliphatic rings. The number of rotatable bonds is 2. The fraction of sp³-hybridized carbons (Fsp3) is 0.182. The largest absolute Gasteiger partial charge is 0.493 e. The molecule has 2 rings (SSSR count). The molecule has 0 N–H and O–H groups in total. The molecular weight excluding hydrogens is 258 g/mol. The van der Waals surface area contributed by atoms with E-state index in [1.807, 2.05) is 18.2 Å². The summed E-state index contributed by atoms with van der Waals surface area (Å²) in [6, 6.07) is 5.72. The van der Waals surface area contributed by atoms with Crippen LogP contribution in [0.25, 0.3) is 10.9 Å². The van der Waals surface area contributed by atoms with Crippen LogP contribution >= 0.6 is 15.9 Å². The van der Waals surface area contributed by atoms with E-state index >= 15 is 0 Å². The molecule has 0 radical (unpaired) electrons. The molecule has 0 saturated heterocycles. The van der Waals surface area contributed by atoms with Gasteiger partial charge in [-0.15, -0.1) is 0 Å². The topological polar surface area (TPSA) is 31.4 Å². The molecule has 78 valence electrons. The molecule has 0 aliphatic heterocycles. The maximum Gasteiger partial charge on any atom is 0.187 e. The molecule has 1 heterocycles. The number of pyridine rings is 1. The zero-order valence-electron chi connectivity index (χ0n) is 8.45. The van der Waals surface area contributed by atoms with Gasteiger partial charge < -0.3 is 9.47 Å². The summed E-state index contributed by atoms with van der Waals surface area (Å²) < 4.78 is 11.5. The first-order chi connectivity index (χ1) is 7.27. The summed E-state index contributed by atoms with van der Waals surface area (Å²) in [4.78, 5) is 4.29. The lowest BCUT2D eigenvalue weighted by molar-refractivity contribution is 0.358. The van der Waals surface area contributed by atoms with Crippen molar-refractivity contribution in [2.45, 2.75) is 0 Å². The molecule has 0 aliphatic carbocycles. The Hall–Kier alpha value is -1.29. The lowest BCUT2D eigenvalue weighted by Gasteiger charge is -2.10. The Balaban J connectivity index is 2.82.